The average Bonchev–Trinajstić information content (AvgIpc) is 2.23. The first-order valence-electron chi connectivity index (χ1n) is 6.38. The molecule has 5 nitrogen and oxygen atoms in total. The topological polar surface area (TPSA) is 67.1 Å². The van der Waals surface area contributed by atoms with E-state index in [2.05, 4.69) is 48.1 Å². The third-order valence-electron chi connectivity index (χ3n) is 2.81. The van der Waals surface area contributed by atoms with Crippen LogP contribution in [0.1, 0.15) is 25.8 Å². The Morgan fingerprint density at radius 3 is 2.56 bits per heavy atom. The summed E-state index contributed by atoms with van der Waals surface area (Å²) >= 11 is 0. The van der Waals surface area contributed by atoms with E-state index in [0.717, 1.165) is 24.3 Å². The van der Waals surface area contributed by atoms with E-state index in [-0.39, 0.29) is 0 Å². The fourth-order valence-electron chi connectivity index (χ4n) is 1.99. The minimum atomic E-state index is 0.369. The SMILES string of the molecule is Cc1c(N)ncnc1NC(CC(C)C)CN(C)C. The zero-order chi connectivity index (χ0) is 13.7. The molecule has 0 fully saturated rings. The number of rotatable bonds is 6. The molecule has 0 aliphatic heterocycles. The van der Waals surface area contributed by atoms with Crippen LogP contribution in [-0.4, -0.2) is 41.5 Å². The predicted octanol–water partition coefficient (Wildman–Crippen LogP) is 1.76. The van der Waals surface area contributed by atoms with Crippen LogP contribution in [0.5, 0.6) is 0 Å². The van der Waals surface area contributed by atoms with Crippen LogP contribution in [0.4, 0.5) is 11.6 Å². The summed E-state index contributed by atoms with van der Waals surface area (Å²) in [4.78, 5) is 10.4. The second-order valence-electron chi connectivity index (χ2n) is 5.47. The molecule has 0 spiro atoms. The predicted molar refractivity (Wildman–Crippen MR) is 76.6 cm³/mol. The Kier molecular flexibility index (Phi) is 5.34. The van der Waals surface area contributed by atoms with Gasteiger partial charge in [0.2, 0.25) is 0 Å². The van der Waals surface area contributed by atoms with Crippen molar-refractivity contribution in [3.05, 3.63) is 11.9 Å². The van der Waals surface area contributed by atoms with Crippen LogP contribution in [0, 0.1) is 12.8 Å². The molecule has 5 heteroatoms. The van der Waals surface area contributed by atoms with E-state index >= 15 is 0 Å². The molecular weight excluding hydrogens is 226 g/mol. The van der Waals surface area contributed by atoms with Crippen molar-refractivity contribution in [3.63, 3.8) is 0 Å². The first-order chi connectivity index (χ1) is 8.40. The summed E-state index contributed by atoms with van der Waals surface area (Å²) in [6, 6.07) is 0.369. The van der Waals surface area contributed by atoms with Crippen LogP contribution >= 0.6 is 0 Å². The number of nitrogens with one attached hydrogen (secondary N) is 1. The normalized spacial score (nSPS) is 13.1. The third kappa shape index (κ3) is 4.49. The van der Waals surface area contributed by atoms with Gasteiger partial charge in [0.1, 0.15) is 18.0 Å². The van der Waals surface area contributed by atoms with Crippen molar-refractivity contribution in [1.29, 1.82) is 0 Å². The largest absolute Gasteiger partial charge is 0.383 e. The van der Waals surface area contributed by atoms with Crippen LogP contribution < -0.4 is 11.1 Å². The van der Waals surface area contributed by atoms with E-state index in [1.54, 1.807) is 0 Å². The highest BCUT2D eigenvalue weighted by Gasteiger charge is 2.14. The van der Waals surface area contributed by atoms with E-state index in [1.807, 2.05) is 6.92 Å². The van der Waals surface area contributed by atoms with Crippen molar-refractivity contribution in [3.8, 4) is 0 Å². The zero-order valence-electron chi connectivity index (χ0n) is 12.1. The van der Waals surface area contributed by atoms with Crippen LogP contribution in [0.2, 0.25) is 0 Å². The molecule has 1 rings (SSSR count). The van der Waals surface area contributed by atoms with Crippen molar-refractivity contribution >= 4 is 11.6 Å². The van der Waals surface area contributed by atoms with Gasteiger partial charge in [0.05, 0.1) is 0 Å². The number of hydrogen-bond donors (Lipinski definition) is 2. The molecule has 1 unspecified atom stereocenters. The summed E-state index contributed by atoms with van der Waals surface area (Å²) < 4.78 is 0. The zero-order valence-corrected chi connectivity index (χ0v) is 12.1. The minimum absolute atomic E-state index is 0.369. The molecule has 3 N–H and O–H groups in total. The summed E-state index contributed by atoms with van der Waals surface area (Å²) in [6.07, 6.45) is 2.61. The van der Waals surface area contributed by atoms with Gasteiger partial charge in [-0.15, -0.1) is 0 Å². The number of nitrogens with two attached hydrogens (primary N) is 1. The molecule has 0 saturated heterocycles. The lowest BCUT2D eigenvalue weighted by Crippen LogP contribution is -2.34. The number of nitrogens with zero attached hydrogens (tertiary/aromatic N) is 3. The number of hydrogen-bond acceptors (Lipinski definition) is 5. The molecule has 0 amide bonds. The van der Waals surface area contributed by atoms with Gasteiger partial charge in [0, 0.05) is 18.2 Å². The Morgan fingerprint density at radius 2 is 2.00 bits per heavy atom. The minimum Gasteiger partial charge on any atom is -0.383 e. The van der Waals surface area contributed by atoms with Crippen molar-refractivity contribution in [2.45, 2.75) is 33.2 Å². The lowest BCUT2D eigenvalue weighted by atomic mass is 10.0. The Balaban J connectivity index is 2.78. The van der Waals surface area contributed by atoms with Gasteiger partial charge in [0.15, 0.2) is 0 Å². The maximum absolute atomic E-state index is 5.80. The molecule has 0 radical (unpaired) electrons. The fourth-order valence-corrected chi connectivity index (χ4v) is 1.99. The summed E-state index contributed by atoms with van der Waals surface area (Å²) in [7, 11) is 4.16. The second-order valence-corrected chi connectivity index (χ2v) is 5.47. The lowest BCUT2D eigenvalue weighted by Gasteiger charge is -2.25. The highest BCUT2D eigenvalue weighted by Crippen LogP contribution is 2.18. The van der Waals surface area contributed by atoms with Gasteiger partial charge in [-0.05, 0) is 33.4 Å². The van der Waals surface area contributed by atoms with Crippen LogP contribution in [0.15, 0.2) is 6.33 Å². The Hall–Kier alpha value is -1.36. The molecule has 102 valence electrons. The van der Waals surface area contributed by atoms with Gasteiger partial charge in [0.25, 0.3) is 0 Å². The Morgan fingerprint density at radius 1 is 1.33 bits per heavy atom. The third-order valence-corrected chi connectivity index (χ3v) is 2.81. The molecule has 1 aromatic heterocycles. The quantitative estimate of drug-likeness (QED) is 0.806. The van der Waals surface area contributed by atoms with E-state index in [0.29, 0.717) is 17.8 Å². The van der Waals surface area contributed by atoms with Gasteiger partial charge in [-0.3, -0.25) is 0 Å². The van der Waals surface area contributed by atoms with Crippen LogP contribution in [0.25, 0.3) is 0 Å². The Labute approximate surface area is 110 Å². The van der Waals surface area contributed by atoms with E-state index in [4.69, 9.17) is 5.73 Å². The number of anilines is 2. The van der Waals surface area contributed by atoms with Gasteiger partial charge < -0.3 is 16.0 Å². The van der Waals surface area contributed by atoms with E-state index < -0.39 is 0 Å². The molecule has 0 saturated carbocycles. The molecule has 1 atom stereocenters. The maximum Gasteiger partial charge on any atom is 0.134 e. The number of likely N-dealkylation sites (N-methyl/N-ethyl adjacent to an activating group) is 1. The van der Waals surface area contributed by atoms with Crippen molar-refractivity contribution in [2.24, 2.45) is 5.92 Å². The molecule has 0 aromatic carbocycles. The number of nitrogen functional groups attached to an aromatic ring is 1. The second kappa shape index (κ2) is 6.54. The molecule has 1 heterocycles. The molecular formula is C13H25N5. The first kappa shape index (κ1) is 14.7. The summed E-state index contributed by atoms with van der Waals surface area (Å²) in [5, 5.41) is 3.48. The first-order valence-corrected chi connectivity index (χ1v) is 6.38. The van der Waals surface area contributed by atoms with Gasteiger partial charge in [-0.25, -0.2) is 9.97 Å². The van der Waals surface area contributed by atoms with Crippen molar-refractivity contribution in [2.75, 3.05) is 31.7 Å². The number of aromatic nitrogens is 2. The van der Waals surface area contributed by atoms with Crippen LogP contribution in [0.3, 0.4) is 0 Å². The van der Waals surface area contributed by atoms with E-state index in [9.17, 15) is 0 Å². The Bertz CT molecular complexity index is 366. The maximum atomic E-state index is 5.80. The summed E-state index contributed by atoms with van der Waals surface area (Å²) in [5.41, 5.74) is 6.72. The lowest BCUT2D eigenvalue weighted by molar-refractivity contribution is 0.356. The monoisotopic (exact) mass is 251 g/mol. The van der Waals surface area contributed by atoms with Gasteiger partial charge >= 0.3 is 0 Å². The van der Waals surface area contributed by atoms with E-state index in [1.165, 1.54) is 6.33 Å². The highest BCUT2D eigenvalue weighted by atomic mass is 15.1. The molecule has 0 bridgehead atoms. The molecule has 0 aliphatic carbocycles. The molecule has 18 heavy (non-hydrogen) atoms. The molecule has 1 aromatic rings. The summed E-state index contributed by atoms with van der Waals surface area (Å²) in [5.74, 6) is 2.03. The fraction of sp³-hybridized carbons (Fsp3) is 0.692. The smallest absolute Gasteiger partial charge is 0.134 e. The summed E-state index contributed by atoms with van der Waals surface area (Å²) in [6.45, 7) is 7.37. The van der Waals surface area contributed by atoms with Crippen molar-refractivity contribution in [1.82, 2.24) is 14.9 Å². The van der Waals surface area contributed by atoms with Gasteiger partial charge in [-0.2, -0.15) is 0 Å². The average molecular weight is 251 g/mol. The van der Waals surface area contributed by atoms with Gasteiger partial charge in [-0.1, -0.05) is 13.8 Å². The highest BCUT2D eigenvalue weighted by molar-refractivity contribution is 5.54. The molecule has 0 aliphatic rings. The van der Waals surface area contributed by atoms with Crippen molar-refractivity contribution < 1.29 is 0 Å². The van der Waals surface area contributed by atoms with Crippen LogP contribution in [-0.2, 0) is 0 Å². The standard InChI is InChI=1S/C13H25N5/c1-9(2)6-11(7-18(4)5)17-13-10(3)12(14)15-8-16-13/h8-9,11H,6-7H2,1-5H3,(H3,14,15,16,17).